The first-order valence-electron chi connectivity index (χ1n) is 4.40. The van der Waals surface area contributed by atoms with Gasteiger partial charge in [0.2, 0.25) is 0 Å². The average Bonchev–Trinajstić information content (AvgIpc) is 2.21. The van der Waals surface area contributed by atoms with Gasteiger partial charge in [0.1, 0.15) is 5.15 Å². The molecule has 0 aliphatic heterocycles. The smallest absolute Gasteiger partial charge is 0.252 e. The Morgan fingerprint density at radius 2 is 2.25 bits per heavy atom. The van der Waals surface area contributed by atoms with Crippen molar-refractivity contribution in [1.29, 1.82) is 0 Å². The normalized spacial score (nSPS) is 12.2. The second kappa shape index (κ2) is 6.18. The molecule has 1 aromatic rings. The molecule has 0 aliphatic rings. The van der Waals surface area contributed by atoms with Crippen molar-refractivity contribution < 1.29 is 9.00 Å². The number of pyridine rings is 1. The number of hydrogen-bond acceptors (Lipinski definition) is 3. The van der Waals surface area contributed by atoms with Gasteiger partial charge < -0.3 is 5.32 Å². The van der Waals surface area contributed by atoms with Crippen molar-refractivity contribution in [3.05, 3.63) is 28.0 Å². The maximum absolute atomic E-state index is 11.5. The van der Waals surface area contributed by atoms with E-state index in [1.165, 1.54) is 12.3 Å². The molecule has 1 amide bonds. The molecule has 0 aliphatic carbocycles. The molecule has 0 fully saturated rings. The van der Waals surface area contributed by atoms with Gasteiger partial charge in [-0.1, -0.05) is 23.2 Å². The highest BCUT2D eigenvalue weighted by atomic mass is 35.5. The first kappa shape index (κ1) is 13.4. The predicted octanol–water partition coefficient (Wildman–Crippen LogP) is 1.50. The molecule has 4 nitrogen and oxygen atoms in total. The molecule has 0 radical (unpaired) electrons. The van der Waals surface area contributed by atoms with E-state index in [-0.39, 0.29) is 16.1 Å². The molecule has 0 saturated heterocycles. The van der Waals surface area contributed by atoms with Crippen LogP contribution in [0, 0.1) is 0 Å². The van der Waals surface area contributed by atoms with Crippen LogP contribution in [0.3, 0.4) is 0 Å². The summed E-state index contributed by atoms with van der Waals surface area (Å²) in [4.78, 5) is 15.3. The molecular weight excluding hydrogens is 271 g/mol. The Kier molecular flexibility index (Phi) is 5.18. The van der Waals surface area contributed by atoms with Gasteiger partial charge in [-0.05, 0) is 6.07 Å². The summed E-state index contributed by atoms with van der Waals surface area (Å²) in [6.07, 6.45) is 2.92. The molecule has 7 heteroatoms. The lowest BCUT2D eigenvalue weighted by Crippen LogP contribution is -2.27. The molecule has 0 aromatic carbocycles. The number of hydrogen-bond donors (Lipinski definition) is 1. The van der Waals surface area contributed by atoms with Crippen LogP contribution in [0.2, 0.25) is 10.2 Å². The molecule has 88 valence electrons. The number of carbonyl (C=O) groups excluding carboxylic acids is 1. The Morgan fingerprint density at radius 1 is 1.56 bits per heavy atom. The number of halogens is 2. The van der Waals surface area contributed by atoms with Crippen LogP contribution in [-0.2, 0) is 10.8 Å². The quantitative estimate of drug-likeness (QED) is 0.851. The van der Waals surface area contributed by atoms with E-state index in [0.29, 0.717) is 17.9 Å². The van der Waals surface area contributed by atoms with Gasteiger partial charge in [-0.25, -0.2) is 4.98 Å². The fourth-order valence-electron chi connectivity index (χ4n) is 0.956. The lowest BCUT2D eigenvalue weighted by Gasteiger charge is -2.04. The Balaban J connectivity index is 2.59. The molecule has 1 N–H and O–H groups in total. The Hall–Kier alpha value is -0.650. The van der Waals surface area contributed by atoms with Gasteiger partial charge in [-0.15, -0.1) is 0 Å². The van der Waals surface area contributed by atoms with Crippen LogP contribution in [0.1, 0.15) is 10.4 Å². The van der Waals surface area contributed by atoms with Crippen LogP contribution in [0.4, 0.5) is 0 Å². The molecule has 1 atom stereocenters. The van der Waals surface area contributed by atoms with Gasteiger partial charge in [0.05, 0.1) is 10.6 Å². The van der Waals surface area contributed by atoms with Crippen LogP contribution >= 0.6 is 23.2 Å². The van der Waals surface area contributed by atoms with E-state index >= 15 is 0 Å². The van der Waals surface area contributed by atoms with E-state index in [2.05, 4.69) is 10.3 Å². The number of amides is 1. The highest BCUT2D eigenvalue weighted by Crippen LogP contribution is 2.19. The maximum atomic E-state index is 11.5. The summed E-state index contributed by atoms with van der Waals surface area (Å²) in [7, 11) is -0.924. The molecule has 0 spiro atoms. The molecule has 1 rings (SSSR count). The fourth-order valence-corrected chi connectivity index (χ4v) is 1.61. The van der Waals surface area contributed by atoms with Crippen LogP contribution in [0.25, 0.3) is 0 Å². The largest absolute Gasteiger partial charge is 0.351 e. The Morgan fingerprint density at radius 3 is 2.81 bits per heavy atom. The van der Waals surface area contributed by atoms with Crippen molar-refractivity contribution >= 4 is 39.9 Å². The molecule has 0 bridgehead atoms. The number of nitrogens with zero attached hydrogens (tertiary/aromatic N) is 1. The summed E-state index contributed by atoms with van der Waals surface area (Å²) in [5.41, 5.74) is 0.330. The van der Waals surface area contributed by atoms with E-state index in [9.17, 15) is 9.00 Å². The Bertz CT molecular complexity index is 426. The number of carbonyl (C=O) groups is 1. The lowest BCUT2D eigenvalue weighted by atomic mass is 10.3. The zero-order valence-electron chi connectivity index (χ0n) is 8.50. The van der Waals surface area contributed by atoms with Gasteiger partial charge in [0, 0.05) is 35.5 Å². The fraction of sp³-hybridized carbons (Fsp3) is 0.333. The third-order valence-corrected chi connectivity index (χ3v) is 3.20. The van der Waals surface area contributed by atoms with Gasteiger partial charge >= 0.3 is 0 Å². The summed E-state index contributed by atoms with van der Waals surface area (Å²) in [5.74, 6) is 0.108. The summed E-state index contributed by atoms with van der Waals surface area (Å²) in [5, 5.41) is 2.99. The standard InChI is InChI=1S/C9H10Cl2N2O2S/c1-16(15)3-2-12-9(14)6-4-7(10)8(11)13-5-6/h4-5H,2-3H2,1H3,(H,12,14). The molecule has 0 saturated carbocycles. The van der Waals surface area contributed by atoms with Crippen molar-refractivity contribution in [2.45, 2.75) is 0 Å². The summed E-state index contributed by atoms with van der Waals surface area (Å²) in [6.45, 7) is 0.349. The number of aromatic nitrogens is 1. The van der Waals surface area contributed by atoms with Crippen LogP contribution < -0.4 is 5.32 Å². The second-order valence-corrected chi connectivity index (χ2v) is 5.35. The van der Waals surface area contributed by atoms with Gasteiger partial charge in [-0.2, -0.15) is 0 Å². The van der Waals surface area contributed by atoms with Gasteiger partial charge in [0.15, 0.2) is 0 Å². The van der Waals surface area contributed by atoms with Crippen molar-refractivity contribution in [2.24, 2.45) is 0 Å². The van der Waals surface area contributed by atoms with E-state index in [1.54, 1.807) is 6.26 Å². The summed E-state index contributed by atoms with van der Waals surface area (Å²) in [6, 6.07) is 1.44. The number of nitrogens with one attached hydrogen (secondary N) is 1. The highest BCUT2D eigenvalue weighted by molar-refractivity contribution is 7.84. The van der Waals surface area contributed by atoms with Crippen molar-refractivity contribution in [2.75, 3.05) is 18.6 Å². The van der Waals surface area contributed by atoms with E-state index in [0.717, 1.165) is 0 Å². The topological polar surface area (TPSA) is 59.1 Å². The van der Waals surface area contributed by atoms with Crippen molar-refractivity contribution in [1.82, 2.24) is 10.3 Å². The lowest BCUT2D eigenvalue weighted by molar-refractivity contribution is 0.0956. The zero-order chi connectivity index (χ0) is 12.1. The van der Waals surface area contributed by atoms with Gasteiger partial charge in [0.25, 0.3) is 5.91 Å². The molecule has 16 heavy (non-hydrogen) atoms. The number of rotatable bonds is 4. The molecule has 1 heterocycles. The SMILES string of the molecule is CS(=O)CCNC(=O)c1cnc(Cl)c(Cl)c1. The Labute approximate surface area is 106 Å². The van der Waals surface area contributed by atoms with Crippen molar-refractivity contribution in [3.63, 3.8) is 0 Å². The molecule has 1 unspecified atom stereocenters. The van der Waals surface area contributed by atoms with Crippen LogP contribution in [0.15, 0.2) is 12.3 Å². The summed E-state index contributed by atoms with van der Waals surface area (Å²) < 4.78 is 10.8. The van der Waals surface area contributed by atoms with Crippen LogP contribution in [0.5, 0.6) is 0 Å². The minimum atomic E-state index is -0.924. The third-order valence-electron chi connectivity index (χ3n) is 1.73. The predicted molar refractivity (Wildman–Crippen MR) is 65.5 cm³/mol. The average molecular weight is 281 g/mol. The van der Waals surface area contributed by atoms with Gasteiger partial charge in [-0.3, -0.25) is 9.00 Å². The minimum absolute atomic E-state index is 0.160. The first-order chi connectivity index (χ1) is 7.50. The minimum Gasteiger partial charge on any atom is -0.351 e. The summed E-state index contributed by atoms with van der Waals surface area (Å²) >= 11 is 11.3. The third kappa shape index (κ3) is 4.08. The zero-order valence-corrected chi connectivity index (χ0v) is 10.8. The van der Waals surface area contributed by atoms with Crippen molar-refractivity contribution in [3.8, 4) is 0 Å². The monoisotopic (exact) mass is 280 g/mol. The first-order valence-corrected chi connectivity index (χ1v) is 6.88. The second-order valence-electron chi connectivity index (χ2n) is 3.03. The maximum Gasteiger partial charge on any atom is 0.252 e. The van der Waals surface area contributed by atoms with E-state index in [4.69, 9.17) is 23.2 Å². The van der Waals surface area contributed by atoms with E-state index < -0.39 is 10.8 Å². The molecular formula is C9H10Cl2N2O2S. The van der Waals surface area contributed by atoms with E-state index in [1.807, 2.05) is 0 Å². The molecule has 1 aromatic heterocycles. The van der Waals surface area contributed by atoms with Crippen LogP contribution in [-0.4, -0.2) is 33.7 Å². The highest BCUT2D eigenvalue weighted by Gasteiger charge is 2.08.